The minimum absolute atomic E-state index is 0.0421. The number of sulfonamides is 1. The Hall–Kier alpha value is -3.32. The molecule has 1 heterocycles. The van der Waals surface area contributed by atoms with E-state index in [4.69, 9.17) is 0 Å². The summed E-state index contributed by atoms with van der Waals surface area (Å²) in [5.41, 5.74) is 4.25. The van der Waals surface area contributed by atoms with Crippen LogP contribution >= 0.6 is 0 Å². The fourth-order valence-corrected chi connectivity index (χ4v) is 5.59. The number of aryl methyl sites for hydroxylation is 2. The van der Waals surface area contributed by atoms with Crippen LogP contribution in [-0.2, 0) is 16.4 Å². The number of hydrogen-bond donors (Lipinski definition) is 2. The molecule has 4 rings (SSSR count). The predicted octanol–water partition coefficient (Wildman–Crippen LogP) is 5.26. The number of carboxylic acid groups (broad SMARTS) is 1. The third kappa shape index (κ3) is 5.42. The lowest BCUT2D eigenvalue weighted by Crippen LogP contribution is -2.35. The van der Waals surface area contributed by atoms with Crippen LogP contribution in [0.4, 0.5) is 11.4 Å². The van der Waals surface area contributed by atoms with E-state index in [1.807, 2.05) is 19.9 Å². The van der Waals surface area contributed by atoms with E-state index in [-0.39, 0.29) is 10.5 Å². The highest BCUT2D eigenvalue weighted by atomic mass is 32.2. The van der Waals surface area contributed by atoms with Crippen LogP contribution < -0.4 is 9.62 Å². The first-order chi connectivity index (χ1) is 16.2. The van der Waals surface area contributed by atoms with Crippen molar-refractivity contribution in [3.05, 3.63) is 89.0 Å². The average molecular weight is 479 g/mol. The molecule has 7 heteroatoms. The molecule has 6 nitrogen and oxygen atoms in total. The van der Waals surface area contributed by atoms with Crippen molar-refractivity contribution in [2.24, 2.45) is 5.92 Å². The van der Waals surface area contributed by atoms with Crippen LogP contribution in [0.25, 0.3) is 0 Å². The summed E-state index contributed by atoms with van der Waals surface area (Å²) in [6.45, 7) is 5.35. The summed E-state index contributed by atoms with van der Waals surface area (Å²) in [6.07, 6.45) is 3.00. The van der Waals surface area contributed by atoms with Gasteiger partial charge in [-0.05, 0) is 86.1 Å². The monoisotopic (exact) mass is 478 g/mol. The predicted molar refractivity (Wildman–Crippen MR) is 135 cm³/mol. The highest BCUT2D eigenvalue weighted by Crippen LogP contribution is 2.33. The largest absolute Gasteiger partial charge is 0.478 e. The summed E-state index contributed by atoms with van der Waals surface area (Å²) in [5.74, 6) is -0.535. The van der Waals surface area contributed by atoms with Gasteiger partial charge in [0, 0.05) is 13.1 Å². The smallest absolute Gasteiger partial charge is 0.335 e. The van der Waals surface area contributed by atoms with Gasteiger partial charge in [0.2, 0.25) is 0 Å². The van der Waals surface area contributed by atoms with E-state index < -0.39 is 16.0 Å². The summed E-state index contributed by atoms with van der Waals surface area (Å²) in [6, 6.07) is 20.1. The van der Waals surface area contributed by atoms with Crippen molar-refractivity contribution in [1.29, 1.82) is 0 Å². The number of anilines is 2. The topological polar surface area (TPSA) is 86.7 Å². The maximum atomic E-state index is 13.2. The Bertz CT molecular complexity index is 1280. The van der Waals surface area contributed by atoms with Crippen molar-refractivity contribution in [2.45, 2.75) is 38.0 Å². The Kier molecular flexibility index (Phi) is 6.93. The number of carbonyl (C=O) groups is 1. The van der Waals surface area contributed by atoms with Crippen LogP contribution in [0.3, 0.4) is 0 Å². The fraction of sp³-hybridized carbons (Fsp3) is 0.296. The molecule has 1 saturated heterocycles. The van der Waals surface area contributed by atoms with E-state index >= 15 is 0 Å². The number of nitrogens with one attached hydrogen (secondary N) is 1. The van der Waals surface area contributed by atoms with Crippen molar-refractivity contribution in [2.75, 3.05) is 22.7 Å². The highest BCUT2D eigenvalue weighted by molar-refractivity contribution is 7.92. The molecule has 0 aliphatic carbocycles. The Balaban J connectivity index is 1.56. The number of carboxylic acids is 1. The first-order valence-electron chi connectivity index (χ1n) is 11.5. The van der Waals surface area contributed by atoms with E-state index in [2.05, 4.69) is 33.9 Å². The van der Waals surface area contributed by atoms with Gasteiger partial charge in [0.1, 0.15) is 0 Å². The molecule has 0 saturated carbocycles. The molecule has 0 spiro atoms. The molecule has 0 bridgehead atoms. The number of piperidine rings is 1. The van der Waals surface area contributed by atoms with Crippen molar-refractivity contribution < 1.29 is 18.3 Å². The van der Waals surface area contributed by atoms with Gasteiger partial charge in [-0.25, -0.2) is 13.2 Å². The lowest BCUT2D eigenvalue weighted by atomic mass is 9.90. The second kappa shape index (κ2) is 9.89. The first-order valence-corrected chi connectivity index (χ1v) is 13.0. The molecule has 3 aromatic carbocycles. The SMILES string of the molecule is Cc1ccc(S(=O)(=O)Nc2cc(C(=O)O)ccc2N2CCC(Cc3ccccc3)CC2)cc1C. The van der Waals surface area contributed by atoms with Crippen molar-refractivity contribution in [1.82, 2.24) is 0 Å². The molecule has 3 aromatic rings. The van der Waals surface area contributed by atoms with Gasteiger partial charge in [0.05, 0.1) is 21.8 Å². The van der Waals surface area contributed by atoms with E-state index in [9.17, 15) is 18.3 Å². The van der Waals surface area contributed by atoms with Crippen LogP contribution in [0.1, 0.15) is 39.9 Å². The average Bonchev–Trinajstić information content (AvgIpc) is 2.82. The zero-order valence-corrected chi connectivity index (χ0v) is 20.3. The lowest BCUT2D eigenvalue weighted by Gasteiger charge is -2.35. The van der Waals surface area contributed by atoms with Crippen molar-refractivity contribution in [3.8, 4) is 0 Å². The second-order valence-corrected chi connectivity index (χ2v) is 10.7. The lowest BCUT2D eigenvalue weighted by molar-refractivity contribution is 0.0697. The van der Waals surface area contributed by atoms with Gasteiger partial charge in [0.15, 0.2) is 0 Å². The Morgan fingerprint density at radius 2 is 1.68 bits per heavy atom. The van der Waals surface area contributed by atoms with Crippen molar-refractivity contribution >= 4 is 27.4 Å². The molecule has 0 amide bonds. The molecular weight excluding hydrogens is 448 g/mol. The Morgan fingerprint density at radius 3 is 2.32 bits per heavy atom. The first kappa shape index (κ1) is 23.8. The number of rotatable bonds is 7. The van der Waals surface area contributed by atoms with Crippen LogP contribution in [0.2, 0.25) is 0 Å². The number of nitrogens with zero attached hydrogens (tertiary/aromatic N) is 1. The quantitative estimate of drug-likeness (QED) is 0.484. The standard InChI is InChI=1S/C27H30N2O4S/c1-19-8-10-24(16-20(19)2)34(32,33)28-25-18-23(27(30)31)9-11-26(25)29-14-12-22(13-15-29)17-21-6-4-3-5-7-21/h3-11,16,18,22,28H,12-15,17H2,1-2H3,(H,30,31). The maximum absolute atomic E-state index is 13.2. The second-order valence-electron chi connectivity index (χ2n) is 9.01. The molecule has 0 unspecified atom stereocenters. The van der Waals surface area contributed by atoms with Crippen LogP contribution in [0, 0.1) is 19.8 Å². The summed E-state index contributed by atoms with van der Waals surface area (Å²) >= 11 is 0. The fourth-order valence-electron chi connectivity index (χ4n) is 4.44. The van der Waals surface area contributed by atoms with E-state index in [0.29, 0.717) is 17.3 Å². The summed E-state index contributed by atoms with van der Waals surface area (Å²) in [4.78, 5) is 13.9. The summed E-state index contributed by atoms with van der Waals surface area (Å²) in [7, 11) is -3.88. The number of hydrogen-bond acceptors (Lipinski definition) is 4. The maximum Gasteiger partial charge on any atom is 0.335 e. The number of aromatic carboxylic acids is 1. The third-order valence-electron chi connectivity index (χ3n) is 6.60. The Morgan fingerprint density at radius 1 is 0.971 bits per heavy atom. The molecular formula is C27H30N2O4S. The van der Waals surface area contributed by atoms with Crippen molar-refractivity contribution in [3.63, 3.8) is 0 Å². The molecule has 34 heavy (non-hydrogen) atoms. The highest BCUT2D eigenvalue weighted by Gasteiger charge is 2.24. The molecule has 0 atom stereocenters. The van der Waals surface area contributed by atoms with Gasteiger partial charge in [-0.3, -0.25) is 4.72 Å². The van der Waals surface area contributed by atoms with Gasteiger partial charge in [-0.1, -0.05) is 36.4 Å². The summed E-state index contributed by atoms with van der Waals surface area (Å²) < 4.78 is 29.0. The van der Waals surface area contributed by atoms with Gasteiger partial charge >= 0.3 is 5.97 Å². The number of benzene rings is 3. The molecule has 2 N–H and O–H groups in total. The zero-order valence-electron chi connectivity index (χ0n) is 19.5. The zero-order chi connectivity index (χ0) is 24.3. The van der Waals surface area contributed by atoms with Crippen LogP contribution in [0.5, 0.6) is 0 Å². The van der Waals surface area contributed by atoms with Crippen LogP contribution in [-0.4, -0.2) is 32.6 Å². The van der Waals surface area contributed by atoms with Gasteiger partial charge in [-0.2, -0.15) is 0 Å². The molecule has 0 aromatic heterocycles. The minimum Gasteiger partial charge on any atom is -0.478 e. The molecule has 178 valence electrons. The van der Waals surface area contributed by atoms with E-state index in [1.54, 1.807) is 24.3 Å². The Labute approximate surface area is 201 Å². The molecule has 1 fully saturated rings. The molecule has 0 radical (unpaired) electrons. The van der Waals surface area contributed by atoms with Gasteiger partial charge < -0.3 is 10.0 Å². The van der Waals surface area contributed by atoms with E-state index in [1.165, 1.54) is 17.7 Å². The molecule has 1 aliphatic heterocycles. The molecule has 1 aliphatic rings. The van der Waals surface area contributed by atoms with E-state index in [0.717, 1.165) is 43.5 Å². The normalized spacial score (nSPS) is 14.7. The summed E-state index contributed by atoms with van der Waals surface area (Å²) in [5, 5.41) is 9.48. The van der Waals surface area contributed by atoms with Gasteiger partial charge in [0.25, 0.3) is 10.0 Å². The third-order valence-corrected chi connectivity index (χ3v) is 7.96. The minimum atomic E-state index is -3.88. The van der Waals surface area contributed by atoms with Crippen LogP contribution in [0.15, 0.2) is 71.6 Å². The van der Waals surface area contributed by atoms with Gasteiger partial charge in [-0.15, -0.1) is 0 Å².